The van der Waals surface area contributed by atoms with Crippen LogP contribution in [0.25, 0.3) is 0 Å². The van der Waals surface area contributed by atoms with Gasteiger partial charge in [0.2, 0.25) is 5.91 Å². The zero-order valence-corrected chi connectivity index (χ0v) is 12.4. The van der Waals surface area contributed by atoms with Crippen LogP contribution in [0.2, 0.25) is 0 Å². The van der Waals surface area contributed by atoms with Crippen molar-refractivity contribution in [2.45, 2.75) is 45.8 Å². The van der Waals surface area contributed by atoms with Crippen molar-refractivity contribution in [3.8, 4) is 5.75 Å². The molecule has 4 nitrogen and oxygen atoms in total. The summed E-state index contributed by atoms with van der Waals surface area (Å²) in [4.78, 5) is 11.8. The third kappa shape index (κ3) is 4.91. The highest BCUT2D eigenvalue weighted by Crippen LogP contribution is 2.17. The maximum absolute atomic E-state index is 11.8. The van der Waals surface area contributed by atoms with Crippen LogP contribution in [-0.2, 0) is 4.79 Å². The number of hydrogen-bond donors (Lipinski definition) is 2. The van der Waals surface area contributed by atoms with Gasteiger partial charge in [0, 0.05) is 12.1 Å². The highest BCUT2D eigenvalue weighted by Gasteiger charge is 2.16. The van der Waals surface area contributed by atoms with Crippen LogP contribution in [-0.4, -0.2) is 25.1 Å². The minimum absolute atomic E-state index is 0.0235. The summed E-state index contributed by atoms with van der Waals surface area (Å²) in [6.07, 6.45) is 0. The maximum atomic E-state index is 11.8. The second-order valence-corrected chi connectivity index (χ2v) is 5.05. The second kappa shape index (κ2) is 7.14. The van der Waals surface area contributed by atoms with Gasteiger partial charge in [-0.15, -0.1) is 0 Å². The Hall–Kier alpha value is -1.55. The molecule has 1 aromatic rings. The molecule has 1 unspecified atom stereocenters. The fourth-order valence-electron chi connectivity index (χ4n) is 1.85. The molecule has 2 N–H and O–H groups in total. The lowest BCUT2D eigenvalue weighted by atomic mass is 10.1. The van der Waals surface area contributed by atoms with Gasteiger partial charge in [-0.1, -0.05) is 12.1 Å². The van der Waals surface area contributed by atoms with E-state index in [0.29, 0.717) is 0 Å². The van der Waals surface area contributed by atoms with E-state index in [4.69, 9.17) is 4.74 Å². The normalized spacial score (nSPS) is 14.0. The molecule has 0 aliphatic heterocycles. The number of rotatable bonds is 6. The number of methoxy groups -OCH3 is 1. The van der Waals surface area contributed by atoms with Crippen LogP contribution < -0.4 is 15.4 Å². The Morgan fingerprint density at radius 2 is 1.68 bits per heavy atom. The number of carbonyl (C=O) groups is 1. The van der Waals surface area contributed by atoms with Crippen molar-refractivity contribution in [1.82, 2.24) is 10.6 Å². The van der Waals surface area contributed by atoms with Gasteiger partial charge < -0.3 is 10.1 Å². The highest BCUT2D eigenvalue weighted by atomic mass is 16.5. The second-order valence-electron chi connectivity index (χ2n) is 5.05. The van der Waals surface area contributed by atoms with E-state index in [1.807, 2.05) is 52.0 Å². The van der Waals surface area contributed by atoms with Crippen molar-refractivity contribution < 1.29 is 9.53 Å². The summed E-state index contributed by atoms with van der Waals surface area (Å²) in [5.74, 6) is 0.858. The van der Waals surface area contributed by atoms with Gasteiger partial charge in [0.1, 0.15) is 5.75 Å². The summed E-state index contributed by atoms with van der Waals surface area (Å²) in [7, 11) is 1.65. The Morgan fingerprint density at radius 1 is 1.11 bits per heavy atom. The Bertz CT molecular complexity index is 401. The molecule has 1 rings (SSSR count). The summed E-state index contributed by atoms with van der Waals surface area (Å²) in [5.41, 5.74) is 1.13. The number of carbonyl (C=O) groups excluding carboxylic acids is 1. The summed E-state index contributed by atoms with van der Waals surface area (Å²) in [6, 6.07) is 7.90. The van der Waals surface area contributed by atoms with E-state index in [2.05, 4.69) is 10.6 Å². The first-order chi connectivity index (χ1) is 8.93. The zero-order chi connectivity index (χ0) is 14.4. The summed E-state index contributed by atoms with van der Waals surface area (Å²) in [6.45, 7) is 7.83. The number of nitrogens with one attached hydrogen (secondary N) is 2. The topological polar surface area (TPSA) is 50.4 Å². The van der Waals surface area contributed by atoms with Crippen molar-refractivity contribution in [2.75, 3.05) is 7.11 Å². The quantitative estimate of drug-likeness (QED) is 0.828. The standard InChI is InChI=1S/C15H24N2O2/c1-10(2)16-15(18)12(4)17-11(3)13-6-8-14(19-5)9-7-13/h6-12,17H,1-5H3,(H,16,18)/t11-,12?/m0/s1. The fraction of sp³-hybridized carbons (Fsp3) is 0.533. The molecule has 0 heterocycles. The molecule has 0 fully saturated rings. The maximum Gasteiger partial charge on any atom is 0.237 e. The SMILES string of the molecule is COc1ccc([C@H](C)NC(C)C(=O)NC(C)C)cc1. The Kier molecular flexibility index (Phi) is 5.83. The van der Waals surface area contributed by atoms with Crippen molar-refractivity contribution in [3.05, 3.63) is 29.8 Å². The average molecular weight is 264 g/mol. The molecule has 106 valence electrons. The van der Waals surface area contributed by atoms with Gasteiger partial charge in [0.05, 0.1) is 13.2 Å². The van der Waals surface area contributed by atoms with Gasteiger partial charge in [-0.25, -0.2) is 0 Å². The van der Waals surface area contributed by atoms with Crippen LogP contribution in [0.3, 0.4) is 0 Å². The minimum atomic E-state index is -0.223. The van der Waals surface area contributed by atoms with Crippen molar-refractivity contribution >= 4 is 5.91 Å². The van der Waals surface area contributed by atoms with Gasteiger partial charge in [-0.2, -0.15) is 0 Å². The number of hydrogen-bond acceptors (Lipinski definition) is 3. The lowest BCUT2D eigenvalue weighted by Gasteiger charge is -2.21. The van der Waals surface area contributed by atoms with E-state index >= 15 is 0 Å². The van der Waals surface area contributed by atoms with Gasteiger partial charge in [0.25, 0.3) is 0 Å². The largest absolute Gasteiger partial charge is 0.497 e. The highest BCUT2D eigenvalue weighted by molar-refractivity contribution is 5.81. The van der Waals surface area contributed by atoms with E-state index < -0.39 is 0 Å². The molecule has 19 heavy (non-hydrogen) atoms. The predicted molar refractivity (Wildman–Crippen MR) is 77.3 cm³/mol. The van der Waals surface area contributed by atoms with E-state index in [-0.39, 0.29) is 24.0 Å². The molecular weight excluding hydrogens is 240 g/mol. The lowest BCUT2D eigenvalue weighted by Crippen LogP contribution is -2.45. The monoisotopic (exact) mass is 264 g/mol. The first kappa shape index (κ1) is 15.5. The van der Waals surface area contributed by atoms with Crippen LogP contribution in [0.1, 0.15) is 39.3 Å². The third-order valence-corrected chi connectivity index (χ3v) is 2.94. The van der Waals surface area contributed by atoms with E-state index in [1.54, 1.807) is 7.11 Å². The number of amides is 1. The van der Waals surface area contributed by atoms with Crippen molar-refractivity contribution in [1.29, 1.82) is 0 Å². The molecular formula is C15H24N2O2. The average Bonchev–Trinajstić information content (AvgIpc) is 2.37. The van der Waals surface area contributed by atoms with Crippen LogP contribution in [0.5, 0.6) is 5.75 Å². The van der Waals surface area contributed by atoms with E-state index in [9.17, 15) is 4.79 Å². The van der Waals surface area contributed by atoms with Crippen molar-refractivity contribution in [3.63, 3.8) is 0 Å². The smallest absolute Gasteiger partial charge is 0.237 e. The van der Waals surface area contributed by atoms with Gasteiger partial charge >= 0.3 is 0 Å². The predicted octanol–water partition coefficient (Wildman–Crippen LogP) is 2.26. The summed E-state index contributed by atoms with van der Waals surface area (Å²) < 4.78 is 5.13. The number of benzene rings is 1. The molecule has 1 aromatic carbocycles. The van der Waals surface area contributed by atoms with Crippen LogP contribution in [0, 0.1) is 0 Å². The van der Waals surface area contributed by atoms with Gasteiger partial charge in [-0.05, 0) is 45.4 Å². The molecule has 0 aliphatic rings. The first-order valence-electron chi connectivity index (χ1n) is 6.64. The first-order valence-corrected chi connectivity index (χ1v) is 6.64. The van der Waals surface area contributed by atoms with E-state index in [0.717, 1.165) is 11.3 Å². The van der Waals surface area contributed by atoms with Crippen LogP contribution >= 0.6 is 0 Å². The summed E-state index contributed by atoms with van der Waals surface area (Å²) >= 11 is 0. The Morgan fingerprint density at radius 3 is 2.16 bits per heavy atom. The Balaban J connectivity index is 2.57. The zero-order valence-electron chi connectivity index (χ0n) is 12.4. The van der Waals surface area contributed by atoms with Crippen molar-refractivity contribution in [2.24, 2.45) is 0 Å². The van der Waals surface area contributed by atoms with Gasteiger partial charge in [0.15, 0.2) is 0 Å². The van der Waals surface area contributed by atoms with Crippen LogP contribution in [0.4, 0.5) is 0 Å². The minimum Gasteiger partial charge on any atom is -0.497 e. The molecule has 0 saturated heterocycles. The molecule has 0 spiro atoms. The lowest BCUT2D eigenvalue weighted by molar-refractivity contribution is -0.123. The number of ether oxygens (including phenoxy) is 1. The molecule has 0 aromatic heterocycles. The Labute approximate surface area is 115 Å². The molecule has 0 radical (unpaired) electrons. The summed E-state index contributed by atoms with van der Waals surface area (Å²) in [5, 5.41) is 6.18. The van der Waals surface area contributed by atoms with Gasteiger partial charge in [-0.3, -0.25) is 10.1 Å². The molecule has 0 saturated carbocycles. The molecule has 0 aliphatic carbocycles. The van der Waals surface area contributed by atoms with E-state index in [1.165, 1.54) is 0 Å². The molecule has 0 bridgehead atoms. The molecule has 4 heteroatoms. The molecule has 1 amide bonds. The molecule has 2 atom stereocenters. The van der Waals surface area contributed by atoms with Crippen LogP contribution in [0.15, 0.2) is 24.3 Å². The fourth-order valence-corrected chi connectivity index (χ4v) is 1.85. The third-order valence-electron chi connectivity index (χ3n) is 2.94.